The van der Waals surface area contributed by atoms with Crippen LogP contribution in [0.25, 0.3) is 0 Å². The molecule has 0 aromatic heterocycles. The normalized spacial score (nSPS) is 39.3. The van der Waals surface area contributed by atoms with Gasteiger partial charge in [-0.05, 0) is 35.8 Å². The molecular formula is C45H60O10. The molecule has 3 aromatic carbocycles. The Kier molecular flexibility index (Phi) is 13.7. The fourth-order valence-corrected chi connectivity index (χ4v) is 8.41. The van der Waals surface area contributed by atoms with Crippen molar-refractivity contribution in [2.24, 2.45) is 23.7 Å². The summed E-state index contributed by atoms with van der Waals surface area (Å²) in [6, 6.07) is 29.8. The van der Waals surface area contributed by atoms with Gasteiger partial charge in [-0.3, -0.25) is 0 Å². The van der Waals surface area contributed by atoms with Crippen LogP contribution in [0.1, 0.15) is 77.4 Å². The van der Waals surface area contributed by atoms with Gasteiger partial charge < -0.3 is 47.7 Å². The first-order valence-corrected chi connectivity index (χ1v) is 20.3. The standard InChI is InChI=1S/C45H60O10/c1-7-34-38(27(3)29(5)42(50-34)48-25-32-20-14-10-15-21-32)53-43-30(6)28(4)39(35(8-2)51-43)54-45-41(47-24-31-18-12-9-13-19-31)37(46)40-36(52-45)26-49-44(55-40)33-22-16-11-17-23-33/h9-23,27-30,34-46H,7-8,24-26H2,1-6H3/t27-,28-,29?,30?,34?,35?,36?,37+,38+,39+,40-,41?,42-,43+,44?,45+/m1/s1. The van der Waals surface area contributed by atoms with Crippen LogP contribution in [0.5, 0.6) is 0 Å². The average molecular weight is 761 g/mol. The fourth-order valence-electron chi connectivity index (χ4n) is 8.41. The van der Waals surface area contributed by atoms with Crippen molar-refractivity contribution in [3.05, 3.63) is 108 Å². The quantitative estimate of drug-likeness (QED) is 0.188. The lowest BCUT2D eigenvalue weighted by Crippen LogP contribution is -2.64. The molecule has 0 spiro atoms. The Morgan fingerprint density at radius 3 is 1.65 bits per heavy atom. The van der Waals surface area contributed by atoms with Crippen LogP contribution in [0.2, 0.25) is 0 Å². The van der Waals surface area contributed by atoms with E-state index in [9.17, 15) is 5.11 Å². The molecule has 10 heteroatoms. The minimum atomic E-state index is -1.03. The number of hydrogen-bond acceptors (Lipinski definition) is 10. The van der Waals surface area contributed by atoms with E-state index < -0.39 is 43.3 Å². The Morgan fingerprint density at radius 1 is 0.564 bits per heavy atom. The highest BCUT2D eigenvalue weighted by Crippen LogP contribution is 2.42. The van der Waals surface area contributed by atoms with Crippen LogP contribution in [0.4, 0.5) is 0 Å². The lowest BCUT2D eigenvalue weighted by atomic mass is 9.82. The van der Waals surface area contributed by atoms with Crippen molar-refractivity contribution in [2.75, 3.05) is 6.61 Å². The van der Waals surface area contributed by atoms with Gasteiger partial charge in [-0.1, -0.05) is 133 Å². The maximum Gasteiger partial charge on any atom is 0.187 e. The molecule has 4 aliphatic rings. The van der Waals surface area contributed by atoms with Gasteiger partial charge in [-0.2, -0.15) is 0 Å². The summed E-state index contributed by atoms with van der Waals surface area (Å²) in [7, 11) is 0. The fraction of sp³-hybridized carbons (Fsp3) is 0.600. The molecule has 0 aliphatic carbocycles. The Labute approximate surface area is 326 Å². The third kappa shape index (κ3) is 9.20. The van der Waals surface area contributed by atoms with Gasteiger partial charge in [0.1, 0.15) is 24.4 Å². The Balaban J connectivity index is 1.03. The van der Waals surface area contributed by atoms with Gasteiger partial charge in [0.2, 0.25) is 0 Å². The first-order valence-electron chi connectivity index (χ1n) is 20.3. The minimum absolute atomic E-state index is 0.0159. The zero-order valence-electron chi connectivity index (χ0n) is 33.1. The molecule has 10 nitrogen and oxygen atoms in total. The molecule has 4 aliphatic heterocycles. The van der Waals surface area contributed by atoms with Crippen LogP contribution in [0.3, 0.4) is 0 Å². The molecule has 0 radical (unpaired) electrons. The van der Waals surface area contributed by atoms with E-state index in [1.54, 1.807) is 0 Å². The van der Waals surface area contributed by atoms with Crippen molar-refractivity contribution in [1.29, 1.82) is 0 Å². The highest BCUT2D eigenvalue weighted by atomic mass is 16.8. The van der Waals surface area contributed by atoms with Crippen molar-refractivity contribution in [3.8, 4) is 0 Å². The van der Waals surface area contributed by atoms with Crippen LogP contribution in [0, 0.1) is 23.7 Å². The summed E-state index contributed by atoms with van der Waals surface area (Å²) in [4.78, 5) is 0. The Morgan fingerprint density at radius 2 is 1.07 bits per heavy atom. The van der Waals surface area contributed by atoms with Gasteiger partial charge in [0.25, 0.3) is 0 Å². The third-order valence-electron chi connectivity index (χ3n) is 12.2. The SMILES string of the molecule is CCC1O[C@@H](OCc2ccccc2)C(C)[C@@H](C)[C@@H]1O[C@@H]1OC(CC)[C@@H](O[C@@H]2OC3COC(c4ccccc4)O[C@H]3[C@H](O)C2OCc2ccccc2)[C@H](C)C1C. The molecule has 0 amide bonds. The first kappa shape index (κ1) is 40.5. The molecule has 55 heavy (non-hydrogen) atoms. The lowest BCUT2D eigenvalue weighted by Gasteiger charge is -2.51. The van der Waals surface area contributed by atoms with Gasteiger partial charge in [0.15, 0.2) is 25.2 Å². The smallest absolute Gasteiger partial charge is 0.187 e. The van der Waals surface area contributed by atoms with Crippen molar-refractivity contribution < 1.29 is 47.7 Å². The summed E-state index contributed by atoms with van der Waals surface area (Å²) in [5.41, 5.74) is 2.98. The predicted octanol–water partition coefficient (Wildman–Crippen LogP) is 7.57. The van der Waals surface area contributed by atoms with E-state index in [1.807, 2.05) is 78.9 Å². The number of rotatable bonds is 13. The van der Waals surface area contributed by atoms with Gasteiger partial charge in [-0.15, -0.1) is 0 Å². The van der Waals surface area contributed by atoms with Crippen LogP contribution in [-0.2, 0) is 55.8 Å². The number of fused-ring (bicyclic) bond motifs is 1. The monoisotopic (exact) mass is 760 g/mol. The summed E-state index contributed by atoms with van der Waals surface area (Å²) in [6.07, 6.45) is -4.82. The van der Waals surface area contributed by atoms with Gasteiger partial charge in [0, 0.05) is 17.4 Å². The van der Waals surface area contributed by atoms with E-state index in [0.29, 0.717) is 13.0 Å². The number of aliphatic hydroxyl groups is 1. The van der Waals surface area contributed by atoms with E-state index in [4.69, 9.17) is 42.6 Å². The zero-order chi connectivity index (χ0) is 38.5. The maximum absolute atomic E-state index is 11.9. The topological polar surface area (TPSA) is 103 Å². The van der Waals surface area contributed by atoms with E-state index in [0.717, 1.165) is 23.1 Å². The van der Waals surface area contributed by atoms with Crippen LogP contribution >= 0.6 is 0 Å². The molecule has 4 heterocycles. The van der Waals surface area contributed by atoms with Gasteiger partial charge in [0.05, 0.1) is 44.2 Å². The maximum atomic E-state index is 11.9. The second-order valence-electron chi connectivity index (χ2n) is 15.8. The lowest BCUT2D eigenvalue weighted by molar-refractivity contribution is -0.387. The van der Waals surface area contributed by atoms with Crippen molar-refractivity contribution in [1.82, 2.24) is 0 Å². The van der Waals surface area contributed by atoms with Gasteiger partial charge in [-0.25, -0.2) is 0 Å². The highest BCUT2D eigenvalue weighted by molar-refractivity contribution is 5.17. The van der Waals surface area contributed by atoms with Crippen molar-refractivity contribution >= 4 is 0 Å². The van der Waals surface area contributed by atoms with Crippen molar-refractivity contribution in [2.45, 2.75) is 142 Å². The van der Waals surface area contributed by atoms with Crippen LogP contribution in [0.15, 0.2) is 91.0 Å². The Hall–Kier alpha value is -2.74. The molecule has 1 N–H and O–H groups in total. The molecule has 4 fully saturated rings. The summed E-state index contributed by atoms with van der Waals surface area (Å²) >= 11 is 0. The highest BCUT2D eigenvalue weighted by Gasteiger charge is 2.53. The molecule has 0 saturated carbocycles. The van der Waals surface area contributed by atoms with E-state index in [-0.39, 0.29) is 67.6 Å². The van der Waals surface area contributed by atoms with Crippen LogP contribution in [-0.4, -0.2) is 79.4 Å². The minimum Gasteiger partial charge on any atom is -0.387 e. The largest absolute Gasteiger partial charge is 0.387 e. The van der Waals surface area contributed by atoms with Gasteiger partial charge >= 0.3 is 0 Å². The molecule has 4 saturated heterocycles. The second kappa shape index (κ2) is 18.7. The average Bonchev–Trinajstić information content (AvgIpc) is 3.22. The summed E-state index contributed by atoms with van der Waals surface area (Å²) < 4.78 is 59.1. The predicted molar refractivity (Wildman–Crippen MR) is 205 cm³/mol. The van der Waals surface area contributed by atoms with Crippen molar-refractivity contribution in [3.63, 3.8) is 0 Å². The molecule has 7 rings (SSSR count). The Bertz CT molecular complexity index is 1580. The summed E-state index contributed by atoms with van der Waals surface area (Å²) in [6.45, 7) is 14.0. The van der Waals surface area contributed by atoms with Crippen LogP contribution < -0.4 is 0 Å². The number of benzene rings is 3. The molecule has 7 unspecified atom stereocenters. The van der Waals surface area contributed by atoms with E-state index >= 15 is 0 Å². The third-order valence-corrected chi connectivity index (χ3v) is 12.2. The summed E-state index contributed by atoms with van der Waals surface area (Å²) in [5, 5.41) is 11.9. The molecule has 16 atom stereocenters. The molecular weight excluding hydrogens is 700 g/mol. The molecule has 0 bridgehead atoms. The second-order valence-corrected chi connectivity index (χ2v) is 15.8. The number of ether oxygens (including phenoxy) is 9. The first-order chi connectivity index (χ1) is 26.7. The number of aliphatic hydroxyl groups excluding tert-OH is 1. The number of hydrogen-bond donors (Lipinski definition) is 1. The molecule has 300 valence electrons. The van der Waals surface area contributed by atoms with E-state index in [1.165, 1.54) is 0 Å². The summed E-state index contributed by atoms with van der Waals surface area (Å²) in [5.74, 6) is 0.303. The van der Waals surface area contributed by atoms with E-state index in [2.05, 4.69) is 53.7 Å². The zero-order valence-corrected chi connectivity index (χ0v) is 33.1. The molecule has 3 aromatic rings.